The molecule has 5 rings (SSSR count). The van der Waals surface area contributed by atoms with E-state index in [1.807, 2.05) is 0 Å². The molecule has 3 atom stereocenters. The molecule has 0 amide bonds. The third kappa shape index (κ3) is 1.75. The highest BCUT2D eigenvalue weighted by Gasteiger charge is 2.47. The van der Waals surface area contributed by atoms with E-state index in [-0.39, 0.29) is 6.04 Å². The highest BCUT2D eigenvalue weighted by atomic mass is 14.7. The van der Waals surface area contributed by atoms with Crippen molar-refractivity contribution >= 4 is 21.8 Å². The first-order valence-electron chi connectivity index (χ1n) is 8.05. The number of benzene rings is 2. The average Bonchev–Trinajstić information content (AvgIpc) is 2.97. The van der Waals surface area contributed by atoms with Gasteiger partial charge >= 0.3 is 0 Å². The van der Waals surface area contributed by atoms with Gasteiger partial charge in [0.2, 0.25) is 0 Å². The van der Waals surface area contributed by atoms with Gasteiger partial charge in [0, 0.05) is 27.8 Å². The van der Waals surface area contributed by atoms with Crippen LogP contribution >= 0.6 is 0 Å². The van der Waals surface area contributed by atoms with E-state index >= 15 is 0 Å². The average molecular weight is 276 g/mol. The number of aromatic nitrogens is 1. The Kier molecular flexibility index (Phi) is 2.31. The molecule has 3 unspecified atom stereocenters. The van der Waals surface area contributed by atoms with Crippen LogP contribution in [0, 0.1) is 17.8 Å². The summed E-state index contributed by atoms with van der Waals surface area (Å²) in [5.41, 5.74) is 10.3. The van der Waals surface area contributed by atoms with Crippen LogP contribution in [0.2, 0.25) is 0 Å². The lowest BCUT2D eigenvalue weighted by Gasteiger charge is -2.21. The smallest absolute Gasteiger partial charge is 0.0465 e. The Balaban J connectivity index is 1.58. The maximum absolute atomic E-state index is 6.58. The van der Waals surface area contributed by atoms with Gasteiger partial charge in [-0.25, -0.2) is 0 Å². The van der Waals surface area contributed by atoms with Crippen LogP contribution in [0.25, 0.3) is 21.8 Å². The van der Waals surface area contributed by atoms with Gasteiger partial charge in [-0.15, -0.1) is 0 Å². The molecule has 21 heavy (non-hydrogen) atoms. The lowest BCUT2D eigenvalue weighted by molar-refractivity contribution is 0.404. The zero-order valence-electron chi connectivity index (χ0n) is 12.0. The molecule has 1 heterocycles. The second-order valence-electron chi connectivity index (χ2n) is 6.99. The van der Waals surface area contributed by atoms with Crippen LogP contribution in [0.5, 0.6) is 0 Å². The Morgan fingerprint density at radius 1 is 0.905 bits per heavy atom. The fourth-order valence-corrected chi connectivity index (χ4v) is 4.40. The monoisotopic (exact) mass is 276 g/mol. The van der Waals surface area contributed by atoms with E-state index in [2.05, 4.69) is 47.4 Å². The summed E-state index contributed by atoms with van der Waals surface area (Å²) in [5.74, 6) is 2.69. The van der Waals surface area contributed by atoms with Crippen molar-refractivity contribution < 1.29 is 0 Å². The van der Waals surface area contributed by atoms with Gasteiger partial charge in [0.1, 0.15) is 0 Å². The summed E-state index contributed by atoms with van der Waals surface area (Å²) in [6.45, 7) is 0. The van der Waals surface area contributed by atoms with Crippen molar-refractivity contribution in [2.45, 2.75) is 25.3 Å². The summed E-state index contributed by atoms with van der Waals surface area (Å²) in [6, 6.07) is 15.4. The third-order valence-corrected chi connectivity index (χ3v) is 5.70. The van der Waals surface area contributed by atoms with Gasteiger partial charge in [0.15, 0.2) is 0 Å². The number of nitrogens with two attached hydrogens (primary N) is 1. The molecule has 2 heteroatoms. The Labute approximate surface area is 124 Å². The first kappa shape index (κ1) is 11.8. The fourth-order valence-electron chi connectivity index (χ4n) is 4.40. The topological polar surface area (TPSA) is 41.8 Å². The van der Waals surface area contributed by atoms with Crippen molar-refractivity contribution in [1.82, 2.24) is 4.98 Å². The maximum atomic E-state index is 6.58. The minimum absolute atomic E-state index is 0.205. The van der Waals surface area contributed by atoms with Crippen molar-refractivity contribution in [3.63, 3.8) is 0 Å². The summed E-state index contributed by atoms with van der Waals surface area (Å²) in [4.78, 5) is 3.49. The minimum atomic E-state index is 0.205. The van der Waals surface area contributed by atoms with E-state index in [1.165, 1.54) is 46.6 Å². The third-order valence-electron chi connectivity index (χ3n) is 5.70. The molecule has 2 fully saturated rings. The summed E-state index contributed by atoms with van der Waals surface area (Å²) < 4.78 is 0. The molecule has 0 aliphatic heterocycles. The van der Waals surface area contributed by atoms with Crippen LogP contribution in [-0.2, 0) is 0 Å². The molecule has 0 spiro atoms. The van der Waals surface area contributed by atoms with Crippen molar-refractivity contribution in [2.24, 2.45) is 23.5 Å². The first-order chi connectivity index (χ1) is 10.3. The lowest BCUT2D eigenvalue weighted by Crippen LogP contribution is -2.20. The standard InChI is InChI=1S/C19H20N2/c20-19(14-8-12-7-13(12)9-14)11-5-6-18-16(10-11)15-3-1-2-4-17(15)21-18/h1-6,10,12-14,19,21H,7-9,20H2. The number of fused-ring (bicyclic) bond motifs is 4. The van der Waals surface area contributed by atoms with Gasteiger partial charge in [0.05, 0.1) is 0 Å². The predicted octanol–water partition coefficient (Wildman–Crippen LogP) is 4.37. The van der Waals surface area contributed by atoms with E-state index in [1.54, 1.807) is 0 Å². The van der Waals surface area contributed by atoms with Crippen molar-refractivity contribution in [2.75, 3.05) is 0 Å². The molecule has 1 aromatic heterocycles. The molecule has 3 aromatic rings. The van der Waals surface area contributed by atoms with Gasteiger partial charge < -0.3 is 10.7 Å². The quantitative estimate of drug-likeness (QED) is 0.717. The van der Waals surface area contributed by atoms with Crippen molar-refractivity contribution in [3.05, 3.63) is 48.0 Å². The van der Waals surface area contributed by atoms with Crippen LogP contribution < -0.4 is 5.73 Å². The zero-order valence-corrected chi connectivity index (χ0v) is 12.0. The number of aromatic amines is 1. The number of rotatable bonds is 2. The van der Waals surface area contributed by atoms with Crippen LogP contribution in [0.1, 0.15) is 30.9 Å². The number of nitrogens with one attached hydrogen (secondary N) is 1. The van der Waals surface area contributed by atoms with Crippen LogP contribution in [0.3, 0.4) is 0 Å². The molecule has 0 bridgehead atoms. The summed E-state index contributed by atoms with van der Waals surface area (Å²) >= 11 is 0. The van der Waals surface area contributed by atoms with E-state index < -0.39 is 0 Å². The van der Waals surface area contributed by atoms with Gasteiger partial charge in [-0.3, -0.25) is 0 Å². The van der Waals surface area contributed by atoms with E-state index in [9.17, 15) is 0 Å². The number of H-pyrrole nitrogens is 1. The van der Waals surface area contributed by atoms with Gasteiger partial charge in [-0.2, -0.15) is 0 Å². The minimum Gasteiger partial charge on any atom is -0.355 e. The summed E-state index contributed by atoms with van der Waals surface area (Å²) in [5, 5.41) is 2.61. The van der Waals surface area contributed by atoms with Crippen LogP contribution in [0.4, 0.5) is 0 Å². The largest absolute Gasteiger partial charge is 0.355 e. The number of hydrogen-bond acceptors (Lipinski definition) is 1. The maximum Gasteiger partial charge on any atom is 0.0465 e. The van der Waals surface area contributed by atoms with Gasteiger partial charge in [-0.1, -0.05) is 24.3 Å². The molecule has 2 saturated carbocycles. The Bertz CT molecular complexity index is 822. The molecular weight excluding hydrogens is 256 g/mol. The second-order valence-corrected chi connectivity index (χ2v) is 6.99. The molecule has 0 saturated heterocycles. The Morgan fingerprint density at radius 3 is 2.52 bits per heavy atom. The molecule has 2 nitrogen and oxygen atoms in total. The Hall–Kier alpha value is -1.80. The fraction of sp³-hybridized carbons (Fsp3) is 0.368. The van der Waals surface area contributed by atoms with E-state index in [4.69, 9.17) is 5.73 Å². The Morgan fingerprint density at radius 2 is 1.67 bits per heavy atom. The van der Waals surface area contributed by atoms with Gasteiger partial charge in [-0.05, 0) is 60.8 Å². The van der Waals surface area contributed by atoms with E-state index in [0.29, 0.717) is 5.92 Å². The number of para-hydroxylation sites is 1. The summed E-state index contributed by atoms with van der Waals surface area (Å²) in [7, 11) is 0. The second kappa shape index (κ2) is 4.11. The highest BCUT2D eigenvalue weighted by Crippen LogP contribution is 2.56. The SMILES string of the molecule is NC(c1ccc2[nH]c3ccccc3c2c1)C1CC2CC2C1. The molecule has 3 N–H and O–H groups in total. The lowest BCUT2D eigenvalue weighted by atomic mass is 9.89. The van der Waals surface area contributed by atoms with Crippen molar-refractivity contribution in [3.8, 4) is 0 Å². The van der Waals surface area contributed by atoms with Crippen molar-refractivity contribution in [1.29, 1.82) is 0 Å². The summed E-state index contributed by atoms with van der Waals surface area (Å²) in [6.07, 6.45) is 4.15. The van der Waals surface area contributed by atoms with Gasteiger partial charge in [0.25, 0.3) is 0 Å². The highest BCUT2D eigenvalue weighted by molar-refractivity contribution is 6.07. The molecular formula is C19H20N2. The predicted molar refractivity (Wildman–Crippen MR) is 87.1 cm³/mol. The zero-order chi connectivity index (χ0) is 14.0. The molecule has 2 aliphatic rings. The molecule has 2 aliphatic carbocycles. The van der Waals surface area contributed by atoms with E-state index in [0.717, 1.165) is 11.8 Å². The van der Waals surface area contributed by atoms with Crippen LogP contribution in [0.15, 0.2) is 42.5 Å². The first-order valence-corrected chi connectivity index (χ1v) is 8.05. The normalized spacial score (nSPS) is 28.9. The number of hydrogen-bond donors (Lipinski definition) is 2. The molecule has 2 aromatic carbocycles. The molecule has 106 valence electrons. The van der Waals surface area contributed by atoms with Crippen LogP contribution in [-0.4, -0.2) is 4.98 Å². The molecule has 0 radical (unpaired) electrons.